The van der Waals surface area contributed by atoms with Gasteiger partial charge in [-0.2, -0.15) is 0 Å². The number of benzene rings is 2. The summed E-state index contributed by atoms with van der Waals surface area (Å²) in [4.78, 5) is 23.9. The van der Waals surface area contributed by atoms with Crippen molar-refractivity contribution in [3.8, 4) is 5.75 Å². The van der Waals surface area contributed by atoms with Crippen molar-refractivity contribution in [2.75, 3.05) is 11.1 Å². The molecule has 0 aliphatic carbocycles. The van der Waals surface area contributed by atoms with Crippen molar-refractivity contribution in [3.05, 3.63) is 77.3 Å². The lowest BCUT2D eigenvalue weighted by Crippen LogP contribution is -2.19. The minimum Gasteiger partial charge on any atom is -0.486 e. The van der Waals surface area contributed by atoms with Gasteiger partial charge >= 0.3 is 0 Å². The van der Waals surface area contributed by atoms with Crippen molar-refractivity contribution in [1.82, 2.24) is 14.8 Å². The summed E-state index contributed by atoms with van der Waals surface area (Å²) in [6, 6.07) is 10.5. The fourth-order valence-electron chi connectivity index (χ4n) is 2.68. The van der Waals surface area contributed by atoms with Crippen molar-refractivity contribution in [3.63, 3.8) is 0 Å². The fourth-order valence-corrected chi connectivity index (χ4v) is 3.62. The number of anilines is 1. The van der Waals surface area contributed by atoms with Crippen molar-refractivity contribution in [2.45, 2.75) is 18.3 Å². The lowest BCUT2D eigenvalue weighted by atomic mass is 10.1. The molecule has 0 unspecified atom stereocenters. The van der Waals surface area contributed by atoms with Crippen LogP contribution in [0.1, 0.15) is 16.2 Å². The topological polar surface area (TPSA) is 112 Å². The number of rotatable bonds is 10. The summed E-state index contributed by atoms with van der Waals surface area (Å²) in [5.41, 5.74) is 5.89. The SMILES string of the molecule is C=CCn1c(COc2ccc(F)c(Cl)c2)nnc1SCC(=O)Nc1ccccc1C(N)=O. The van der Waals surface area contributed by atoms with Crippen molar-refractivity contribution in [2.24, 2.45) is 5.73 Å². The molecule has 166 valence electrons. The Balaban J connectivity index is 1.64. The Bertz CT molecular complexity index is 1150. The molecule has 2 aromatic carbocycles. The molecule has 8 nitrogen and oxygen atoms in total. The zero-order chi connectivity index (χ0) is 23.1. The number of hydrogen-bond donors (Lipinski definition) is 2. The van der Waals surface area contributed by atoms with Gasteiger partial charge in [0, 0.05) is 12.6 Å². The average molecular weight is 476 g/mol. The molecular formula is C21H19ClFN5O3S. The van der Waals surface area contributed by atoms with Gasteiger partial charge in [0.1, 0.15) is 18.2 Å². The van der Waals surface area contributed by atoms with E-state index in [1.54, 1.807) is 28.8 Å². The first-order chi connectivity index (χ1) is 15.4. The smallest absolute Gasteiger partial charge is 0.250 e. The Morgan fingerprint density at radius 2 is 2.06 bits per heavy atom. The first kappa shape index (κ1) is 23.3. The van der Waals surface area contributed by atoms with Crippen LogP contribution in [-0.4, -0.2) is 32.3 Å². The van der Waals surface area contributed by atoms with E-state index >= 15 is 0 Å². The highest BCUT2D eigenvalue weighted by Gasteiger charge is 2.16. The average Bonchev–Trinajstić information content (AvgIpc) is 3.15. The third kappa shape index (κ3) is 5.86. The Morgan fingerprint density at radius 1 is 1.28 bits per heavy atom. The normalized spacial score (nSPS) is 10.6. The number of nitrogens with zero attached hydrogens (tertiary/aromatic N) is 3. The van der Waals surface area contributed by atoms with E-state index < -0.39 is 11.7 Å². The zero-order valence-corrected chi connectivity index (χ0v) is 18.3. The van der Waals surface area contributed by atoms with E-state index in [0.29, 0.717) is 29.0 Å². The number of thioether (sulfide) groups is 1. The second-order valence-corrected chi connectivity index (χ2v) is 7.76. The standard InChI is InChI=1S/C21H19ClFN5O3S/c1-2-9-28-18(11-31-13-7-8-16(23)15(22)10-13)26-27-21(28)32-12-19(29)25-17-6-4-3-5-14(17)20(24)30/h2-8,10H,1,9,11-12H2,(H2,24,30)(H,25,29). The number of halogens is 2. The van der Waals surface area contributed by atoms with Crippen molar-refractivity contribution >= 4 is 40.9 Å². The van der Waals surface area contributed by atoms with Crippen LogP contribution in [0.2, 0.25) is 5.02 Å². The quantitative estimate of drug-likeness (QED) is 0.342. The lowest BCUT2D eigenvalue weighted by molar-refractivity contribution is -0.113. The minimum absolute atomic E-state index is 0.0246. The number of aromatic nitrogens is 3. The lowest BCUT2D eigenvalue weighted by Gasteiger charge is -2.10. The molecule has 2 amide bonds. The number of nitrogens with one attached hydrogen (secondary N) is 1. The van der Waals surface area contributed by atoms with Crippen molar-refractivity contribution < 1.29 is 18.7 Å². The molecule has 1 aromatic heterocycles. The van der Waals surface area contributed by atoms with Gasteiger partial charge in [0.2, 0.25) is 5.91 Å². The zero-order valence-electron chi connectivity index (χ0n) is 16.8. The molecule has 11 heteroatoms. The molecule has 3 aromatic rings. The first-order valence-corrected chi connectivity index (χ1v) is 10.7. The van der Waals surface area contributed by atoms with E-state index in [1.807, 2.05) is 0 Å². The molecule has 0 aliphatic heterocycles. The number of primary amides is 1. The van der Waals surface area contributed by atoms with Gasteiger partial charge in [-0.3, -0.25) is 14.2 Å². The van der Waals surface area contributed by atoms with Gasteiger partial charge in [0.05, 0.1) is 22.0 Å². The van der Waals surface area contributed by atoms with Crippen LogP contribution >= 0.6 is 23.4 Å². The largest absolute Gasteiger partial charge is 0.486 e. The third-order valence-electron chi connectivity index (χ3n) is 4.16. The highest BCUT2D eigenvalue weighted by atomic mass is 35.5. The summed E-state index contributed by atoms with van der Waals surface area (Å²) >= 11 is 6.93. The van der Waals surface area contributed by atoms with E-state index in [2.05, 4.69) is 22.1 Å². The van der Waals surface area contributed by atoms with Crippen LogP contribution in [0.5, 0.6) is 5.75 Å². The number of ether oxygens (including phenoxy) is 1. The number of carbonyl (C=O) groups is 2. The summed E-state index contributed by atoms with van der Waals surface area (Å²) < 4.78 is 20.7. The summed E-state index contributed by atoms with van der Waals surface area (Å²) in [7, 11) is 0. The third-order valence-corrected chi connectivity index (χ3v) is 5.42. The van der Waals surface area contributed by atoms with Crippen LogP contribution in [0.4, 0.5) is 10.1 Å². The summed E-state index contributed by atoms with van der Waals surface area (Å²) in [6.45, 7) is 4.18. The van der Waals surface area contributed by atoms with Crippen LogP contribution < -0.4 is 15.8 Å². The Hall–Kier alpha value is -3.37. The molecule has 1 heterocycles. The molecule has 0 spiro atoms. The molecule has 3 N–H and O–H groups in total. The number of carbonyl (C=O) groups excluding carboxylic acids is 2. The van der Waals surface area contributed by atoms with Gasteiger partial charge in [0.25, 0.3) is 5.91 Å². The van der Waals surface area contributed by atoms with E-state index in [4.69, 9.17) is 22.1 Å². The monoisotopic (exact) mass is 475 g/mol. The van der Waals surface area contributed by atoms with Crippen LogP contribution in [0.25, 0.3) is 0 Å². The maximum atomic E-state index is 13.3. The number of hydrogen-bond acceptors (Lipinski definition) is 6. The molecule has 0 aliphatic rings. The van der Waals surface area contributed by atoms with Gasteiger partial charge < -0.3 is 15.8 Å². The van der Waals surface area contributed by atoms with Crippen LogP contribution in [0.15, 0.2) is 60.3 Å². The van der Waals surface area contributed by atoms with E-state index in [9.17, 15) is 14.0 Å². The molecule has 32 heavy (non-hydrogen) atoms. The molecule has 0 radical (unpaired) electrons. The number of nitrogens with two attached hydrogens (primary N) is 1. The van der Waals surface area contributed by atoms with E-state index in [-0.39, 0.29) is 28.9 Å². The minimum atomic E-state index is -0.633. The molecule has 3 rings (SSSR count). The molecule has 0 fully saturated rings. The number of amides is 2. The fraction of sp³-hybridized carbons (Fsp3) is 0.143. The Morgan fingerprint density at radius 3 is 2.78 bits per heavy atom. The summed E-state index contributed by atoms with van der Waals surface area (Å²) in [6.07, 6.45) is 1.66. The molecule has 0 saturated heterocycles. The van der Waals surface area contributed by atoms with E-state index in [1.165, 1.54) is 24.3 Å². The molecular weight excluding hydrogens is 457 g/mol. The summed E-state index contributed by atoms with van der Waals surface area (Å²) in [5, 5.41) is 11.3. The Labute approximate surface area is 192 Å². The van der Waals surface area contributed by atoms with Crippen LogP contribution in [0.3, 0.4) is 0 Å². The number of allylic oxidation sites excluding steroid dienone is 1. The van der Waals surface area contributed by atoms with Crippen LogP contribution in [-0.2, 0) is 17.9 Å². The van der Waals surface area contributed by atoms with Gasteiger partial charge in [-0.25, -0.2) is 4.39 Å². The summed E-state index contributed by atoms with van der Waals surface area (Å²) in [5.74, 6) is -0.610. The second-order valence-electron chi connectivity index (χ2n) is 6.41. The van der Waals surface area contributed by atoms with Gasteiger partial charge in [0.15, 0.2) is 11.0 Å². The number of para-hydroxylation sites is 1. The van der Waals surface area contributed by atoms with Crippen LogP contribution in [0, 0.1) is 5.82 Å². The Kier molecular flexibility index (Phi) is 7.85. The maximum absolute atomic E-state index is 13.3. The van der Waals surface area contributed by atoms with Crippen molar-refractivity contribution in [1.29, 1.82) is 0 Å². The highest BCUT2D eigenvalue weighted by molar-refractivity contribution is 7.99. The van der Waals surface area contributed by atoms with Gasteiger partial charge in [-0.15, -0.1) is 16.8 Å². The van der Waals surface area contributed by atoms with E-state index in [0.717, 1.165) is 11.8 Å². The van der Waals surface area contributed by atoms with Gasteiger partial charge in [-0.1, -0.05) is 41.6 Å². The predicted octanol–water partition coefficient (Wildman–Crippen LogP) is 3.67. The second kappa shape index (κ2) is 10.8. The maximum Gasteiger partial charge on any atom is 0.250 e. The predicted molar refractivity (Wildman–Crippen MR) is 120 cm³/mol. The first-order valence-electron chi connectivity index (χ1n) is 9.31. The van der Waals surface area contributed by atoms with Gasteiger partial charge in [-0.05, 0) is 24.3 Å². The molecule has 0 bridgehead atoms. The highest BCUT2D eigenvalue weighted by Crippen LogP contribution is 2.23. The molecule has 0 saturated carbocycles. The molecule has 0 atom stereocenters.